The van der Waals surface area contributed by atoms with E-state index in [2.05, 4.69) is 5.32 Å². The van der Waals surface area contributed by atoms with Gasteiger partial charge in [0.15, 0.2) is 0 Å². The Kier molecular flexibility index (Phi) is 6.74. The number of nitrogens with one attached hydrogen (secondary N) is 1. The highest BCUT2D eigenvalue weighted by atomic mass is 16.5. The summed E-state index contributed by atoms with van der Waals surface area (Å²) in [5.74, 6) is -1.56. The summed E-state index contributed by atoms with van der Waals surface area (Å²) in [4.78, 5) is 38.0. The third kappa shape index (κ3) is 5.05. The van der Waals surface area contributed by atoms with Crippen LogP contribution in [0.15, 0.2) is 24.3 Å². The first kappa shape index (κ1) is 19.9. The summed E-state index contributed by atoms with van der Waals surface area (Å²) < 4.78 is 5.41. The van der Waals surface area contributed by atoms with E-state index in [1.54, 1.807) is 17.0 Å². The van der Waals surface area contributed by atoms with E-state index in [4.69, 9.17) is 9.84 Å². The van der Waals surface area contributed by atoms with Crippen molar-refractivity contribution >= 4 is 17.8 Å². The summed E-state index contributed by atoms with van der Waals surface area (Å²) in [6, 6.07) is 6.54. The van der Waals surface area contributed by atoms with E-state index in [0.29, 0.717) is 18.7 Å². The SMILES string of the molecule is Cc1ccccc1C(=O)NC(C(=O)N1CCOC(CC(=O)O)C1)C(C)C. The molecule has 26 heavy (non-hydrogen) atoms. The van der Waals surface area contributed by atoms with Gasteiger partial charge in [0.25, 0.3) is 5.91 Å². The number of hydrogen-bond acceptors (Lipinski definition) is 4. The molecule has 2 atom stereocenters. The molecule has 7 nitrogen and oxygen atoms in total. The zero-order chi connectivity index (χ0) is 19.3. The van der Waals surface area contributed by atoms with Gasteiger partial charge < -0.3 is 20.1 Å². The van der Waals surface area contributed by atoms with Crippen LogP contribution >= 0.6 is 0 Å². The molecule has 2 rings (SSSR count). The number of morpholine rings is 1. The molecule has 2 amide bonds. The normalized spacial score (nSPS) is 18.5. The molecule has 2 unspecified atom stereocenters. The van der Waals surface area contributed by atoms with Crippen LogP contribution in [-0.2, 0) is 14.3 Å². The summed E-state index contributed by atoms with van der Waals surface area (Å²) in [7, 11) is 0. The molecule has 1 aliphatic rings. The van der Waals surface area contributed by atoms with Crippen LogP contribution in [-0.4, -0.2) is 59.6 Å². The van der Waals surface area contributed by atoms with E-state index >= 15 is 0 Å². The van der Waals surface area contributed by atoms with E-state index < -0.39 is 18.1 Å². The number of carboxylic acids is 1. The van der Waals surface area contributed by atoms with Crippen LogP contribution in [0.1, 0.15) is 36.2 Å². The number of amides is 2. The summed E-state index contributed by atoms with van der Waals surface area (Å²) in [6.07, 6.45) is -0.670. The Hall–Kier alpha value is -2.41. The van der Waals surface area contributed by atoms with Gasteiger partial charge in [0.1, 0.15) is 6.04 Å². The summed E-state index contributed by atoms with van der Waals surface area (Å²) in [5.41, 5.74) is 1.38. The maximum absolute atomic E-state index is 12.9. The Morgan fingerprint density at radius 3 is 2.62 bits per heavy atom. The molecule has 1 aromatic rings. The average Bonchev–Trinajstić information content (AvgIpc) is 2.58. The second kappa shape index (κ2) is 8.80. The number of ether oxygens (including phenoxy) is 1. The predicted octanol–water partition coefficient (Wildman–Crippen LogP) is 1.45. The molecule has 1 aromatic carbocycles. The van der Waals surface area contributed by atoms with Gasteiger partial charge in [-0.1, -0.05) is 32.0 Å². The Bertz CT molecular complexity index is 674. The first-order valence-electron chi connectivity index (χ1n) is 8.78. The lowest BCUT2D eigenvalue weighted by atomic mass is 10.0. The molecule has 2 N–H and O–H groups in total. The van der Waals surface area contributed by atoms with E-state index in [-0.39, 0.29) is 30.7 Å². The number of aryl methyl sites for hydroxylation is 1. The van der Waals surface area contributed by atoms with Crippen molar-refractivity contribution in [1.29, 1.82) is 0 Å². The number of carbonyl (C=O) groups is 3. The third-order valence-electron chi connectivity index (χ3n) is 4.46. The number of hydrogen-bond donors (Lipinski definition) is 2. The second-order valence-electron chi connectivity index (χ2n) is 6.88. The molecule has 1 saturated heterocycles. The molecular formula is C19H26N2O5. The minimum absolute atomic E-state index is 0.101. The van der Waals surface area contributed by atoms with Crippen LogP contribution in [0.2, 0.25) is 0 Å². The summed E-state index contributed by atoms with van der Waals surface area (Å²) in [6.45, 7) is 6.48. The third-order valence-corrected chi connectivity index (χ3v) is 4.46. The molecule has 1 fully saturated rings. The van der Waals surface area contributed by atoms with E-state index in [1.807, 2.05) is 32.9 Å². The van der Waals surface area contributed by atoms with Crippen molar-refractivity contribution < 1.29 is 24.2 Å². The van der Waals surface area contributed by atoms with Crippen LogP contribution in [0.3, 0.4) is 0 Å². The Morgan fingerprint density at radius 1 is 1.31 bits per heavy atom. The fourth-order valence-corrected chi connectivity index (χ4v) is 2.99. The van der Waals surface area contributed by atoms with Gasteiger partial charge in [0, 0.05) is 18.7 Å². The van der Waals surface area contributed by atoms with Gasteiger partial charge in [-0.3, -0.25) is 14.4 Å². The van der Waals surface area contributed by atoms with Crippen molar-refractivity contribution in [2.24, 2.45) is 5.92 Å². The maximum Gasteiger partial charge on any atom is 0.306 e. The molecule has 142 valence electrons. The molecule has 7 heteroatoms. The molecule has 0 aliphatic carbocycles. The molecular weight excluding hydrogens is 336 g/mol. The largest absolute Gasteiger partial charge is 0.481 e. The lowest BCUT2D eigenvalue weighted by Gasteiger charge is -2.35. The molecule has 0 bridgehead atoms. The van der Waals surface area contributed by atoms with Crippen LogP contribution in [0.4, 0.5) is 0 Å². The van der Waals surface area contributed by atoms with Crippen LogP contribution in [0, 0.1) is 12.8 Å². The topological polar surface area (TPSA) is 95.9 Å². The Morgan fingerprint density at radius 2 is 2.00 bits per heavy atom. The van der Waals surface area contributed by atoms with Gasteiger partial charge in [0.05, 0.1) is 19.1 Å². The van der Waals surface area contributed by atoms with Gasteiger partial charge in [-0.25, -0.2) is 0 Å². The standard InChI is InChI=1S/C19H26N2O5/c1-12(2)17(20-18(24)15-7-5-4-6-13(15)3)19(25)21-8-9-26-14(11-21)10-16(22)23/h4-7,12,14,17H,8-11H2,1-3H3,(H,20,24)(H,22,23). The number of nitrogens with zero attached hydrogens (tertiary/aromatic N) is 1. The van der Waals surface area contributed by atoms with Crippen LogP contribution in [0.5, 0.6) is 0 Å². The Labute approximate surface area is 153 Å². The van der Waals surface area contributed by atoms with Gasteiger partial charge in [-0.15, -0.1) is 0 Å². The Balaban J connectivity index is 2.08. The van der Waals surface area contributed by atoms with E-state index in [9.17, 15) is 14.4 Å². The molecule has 1 aliphatic heterocycles. The van der Waals surface area contributed by atoms with Gasteiger partial charge in [-0.05, 0) is 24.5 Å². The highest BCUT2D eigenvalue weighted by Crippen LogP contribution is 2.15. The van der Waals surface area contributed by atoms with Crippen molar-refractivity contribution in [3.05, 3.63) is 35.4 Å². The predicted molar refractivity (Wildman–Crippen MR) is 95.8 cm³/mol. The number of benzene rings is 1. The van der Waals surface area contributed by atoms with E-state index in [0.717, 1.165) is 5.56 Å². The summed E-state index contributed by atoms with van der Waals surface area (Å²) >= 11 is 0. The minimum Gasteiger partial charge on any atom is -0.481 e. The lowest BCUT2D eigenvalue weighted by Crippen LogP contribution is -2.55. The first-order chi connectivity index (χ1) is 12.3. The molecule has 1 heterocycles. The maximum atomic E-state index is 12.9. The number of carboxylic acid groups (broad SMARTS) is 1. The smallest absolute Gasteiger partial charge is 0.306 e. The fraction of sp³-hybridized carbons (Fsp3) is 0.526. The average molecular weight is 362 g/mol. The lowest BCUT2D eigenvalue weighted by molar-refractivity contribution is -0.149. The second-order valence-corrected chi connectivity index (χ2v) is 6.88. The fourth-order valence-electron chi connectivity index (χ4n) is 2.99. The zero-order valence-electron chi connectivity index (χ0n) is 15.4. The first-order valence-corrected chi connectivity index (χ1v) is 8.78. The zero-order valence-corrected chi connectivity index (χ0v) is 15.4. The van der Waals surface area contributed by atoms with Crippen molar-refractivity contribution in [2.45, 2.75) is 39.3 Å². The molecule has 0 spiro atoms. The van der Waals surface area contributed by atoms with Gasteiger partial charge in [-0.2, -0.15) is 0 Å². The van der Waals surface area contributed by atoms with Crippen molar-refractivity contribution in [2.75, 3.05) is 19.7 Å². The summed E-state index contributed by atoms with van der Waals surface area (Å²) in [5, 5.41) is 11.8. The quantitative estimate of drug-likeness (QED) is 0.799. The molecule has 0 radical (unpaired) electrons. The van der Waals surface area contributed by atoms with Gasteiger partial charge in [0.2, 0.25) is 5.91 Å². The van der Waals surface area contributed by atoms with E-state index in [1.165, 1.54) is 0 Å². The van der Waals surface area contributed by atoms with Crippen LogP contribution < -0.4 is 5.32 Å². The van der Waals surface area contributed by atoms with Crippen molar-refractivity contribution in [1.82, 2.24) is 10.2 Å². The molecule has 0 aromatic heterocycles. The van der Waals surface area contributed by atoms with Gasteiger partial charge >= 0.3 is 5.97 Å². The number of rotatable bonds is 6. The molecule has 0 saturated carbocycles. The van der Waals surface area contributed by atoms with Crippen molar-refractivity contribution in [3.8, 4) is 0 Å². The highest BCUT2D eigenvalue weighted by Gasteiger charge is 2.33. The van der Waals surface area contributed by atoms with Crippen LogP contribution in [0.25, 0.3) is 0 Å². The minimum atomic E-state index is -0.961. The number of carbonyl (C=O) groups excluding carboxylic acids is 2. The highest BCUT2D eigenvalue weighted by molar-refractivity contribution is 5.98. The number of aliphatic carboxylic acids is 1. The monoisotopic (exact) mass is 362 g/mol. The van der Waals surface area contributed by atoms with Crippen molar-refractivity contribution in [3.63, 3.8) is 0 Å².